The van der Waals surface area contributed by atoms with Gasteiger partial charge >= 0.3 is 0 Å². The number of hydrogen-bond donors (Lipinski definition) is 0. The molecule has 0 bridgehead atoms. The first-order chi connectivity index (χ1) is 7.02. The minimum atomic E-state index is -1.38. The predicted molar refractivity (Wildman–Crippen MR) is 65.0 cm³/mol. The van der Waals surface area contributed by atoms with Crippen molar-refractivity contribution in [2.24, 2.45) is 0 Å². The number of benzene rings is 1. The molecule has 0 unspecified atom stereocenters. The van der Waals surface area contributed by atoms with Crippen molar-refractivity contribution >= 4 is 19.3 Å². The molecule has 0 saturated carbocycles. The molecule has 0 aliphatic rings. The summed E-state index contributed by atoms with van der Waals surface area (Å²) in [7, 11) is 0.308. The van der Waals surface area contributed by atoms with Crippen LogP contribution in [0.4, 0.5) is 0 Å². The van der Waals surface area contributed by atoms with E-state index in [1.165, 1.54) is 5.52 Å². The van der Waals surface area contributed by atoms with Crippen molar-refractivity contribution in [1.82, 2.24) is 9.22 Å². The van der Waals surface area contributed by atoms with E-state index in [0.29, 0.717) is 0 Å². The van der Waals surface area contributed by atoms with E-state index in [0.717, 1.165) is 11.3 Å². The average Bonchev–Trinajstić information content (AvgIpc) is 2.59. The van der Waals surface area contributed by atoms with Gasteiger partial charge in [-0.15, -0.1) is 0 Å². The van der Waals surface area contributed by atoms with E-state index in [1.807, 2.05) is 18.5 Å². The summed E-state index contributed by atoms with van der Waals surface area (Å²) in [6.45, 7) is 6.90. The van der Waals surface area contributed by atoms with Crippen LogP contribution in [0.1, 0.15) is 0 Å². The SMILES string of the molecule is COc1ccc2ncn([Si](C)(C)C)c2c1. The van der Waals surface area contributed by atoms with Crippen LogP contribution < -0.4 is 4.74 Å². The molecule has 1 aromatic carbocycles. The Morgan fingerprint density at radius 1 is 1.27 bits per heavy atom. The first-order valence-electron chi connectivity index (χ1n) is 5.04. The topological polar surface area (TPSA) is 27.1 Å². The zero-order valence-corrected chi connectivity index (χ0v) is 10.6. The number of nitrogens with zero attached hydrogens (tertiary/aromatic N) is 2. The molecule has 0 saturated heterocycles. The van der Waals surface area contributed by atoms with Gasteiger partial charge in [0.25, 0.3) is 0 Å². The van der Waals surface area contributed by atoms with E-state index in [-0.39, 0.29) is 0 Å². The maximum atomic E-state index is 5.23. The molecule has 3 nitrogen and oxygen atoms in total. The lowest BCUT2D eigenvalue weighted by Crippen LogP contribution is -2.30. The third kappa shape index (κ3) is 1.77. The molecular formula is C11H16N2OSi. The van der Waals surface area contributed by atoms with Crippen LogP contribution in [0.15, 0.2) is 24.5 Å². The van der Waals surface area contributed by atoms with Gasteiger partial charge in [-0.2, -0.15) is 0 Å². The molecular weight excluding hydrogens is 204 g/mol. The van der Waals surface area contributed by atoms with E-state index >= 15 is 0 Å². The molecule has 0 amide bonds. The largest absolute Gasteiger partial charge is 0.497 e. The monoisotopic (exact) mass is 220 g/mol. The molecule has 4 heteroatoms. The normalized spacial score (nSPS) is 12.0. The van der Waals surface area contributed by atoms with Crippen LogP contribution in [0.2, 0.25) is 19.6 Å². The number of hydrogen-bond acceptors (Lipinski definition) is 2. The van der Waals surface area contributed by atoms with Gasteiger partial charge in [-0.25, -0.2) is 4.98 Å². The summed E-state index contributed by atoms with van der Waals surface area (Å²) in [6, 6.07) is 6.01. The Balaban J connectivity index is 2.67. The maximum Gasteiger partial charge on any atom is 0.154 e. The second kappa shape index (κ2) is 3.38. The quantitative estimate of drug-likeness (QED) is 0.728. The second-order valence-corrected chi connectivity index (χ2v) is 9.46. The van der Waals surface area contributed by atoms with Crippen LogP contribution in [0.3, 0.4) is 0 Å². The Hall–Kier alpha value is -1.29. The Morgan fingerprint density at radius 2 is 2.00 bits per heavy atom. The van der Waals surface area contributed by atoms with E-state index < -0.39 is 8.24 Å². The Kier molecular flexibility index (Phi) is 2.30. The van der Waals surface area contributed by atoms with Crippen molar-refractivity contribution in [2.45, 2.75) is 19.6 Å². The lowest BCUT2D eigenvalue weighted by Gasteiger charge is -2.19. The second-order valence-electron chi connectivity index (χ2n) is 4.64. The van der Waals surface area contributed by atoms with Gasteiger partial charge < -0.3 is 8.97 Å². The van der Waals surface area contributed by atoms with Gasteiger partial charge in [-0.05, 0) is 12.1 Å². The van der Waals surface area contributed by atoms with Crippen molar-refractivity contribution in [3.8, 4) is 5.75 Å². The molecule has 2 aromatic rings. The van der Waals surface area contributed by atoms with E-state index in [4.69, 9.17) is 4.74 Å². The van der Waals surface area contributed by atoms with Crippen molar-refractivity contribution in [1.29, 1.82) is 0 Å². The highest BCUT2D eigenvalue weighted by Crippen LogP contribution is 2.22. The van der Waals surface area contributed by atoms with Gasteiger partial charge in [0.2, 0.25) is 0 Å². The third-order valence-electron chi connectivity index (χ3n) is 2.48. The Bertz CT molecular complexity index is 485. The lowest BCUT2D eigenvalue weighted by molar-refractivity contribution is 0.415. The molecule has 0 N–H and O–H groups in total. The summed E-state index contributed by atoms with van der Waals surface area (Å²) in [4.78, 5) is 4.40. The van der Waals surface area contributed by atoms with Crippen LogP contribution in [0, 0.1) is 0 Å². The summed E-state index contributed by atoms with van der Waals surface area (Å²) in [5.74, 6) is 0.891. The van der Waals surface area contributed by atoms with Crippen molar-refractivity contribution in [3.05, 3.63) is 24.5 Å². The lowest BCUT2D eigenvalue weighted by atomic mass is 10.3. The van der Waals surface area contributed by atoms with Gasteiger partial charge in [0.15, 0.2) is 8.24 Å². The van der Waals surface area contributed by atoms with Gasteiger partial charge in [0.05, 0.1) is 24.5 Å². The van der Waals surface area contributed by atoms with Crippen molar-refractivity contribution < 1.29 is 4.74 Å². The molecule has 80 valence electrons. The smallest absolute Gasteiger partial charge is 0.154 e. The molecule has 0 aliphatic heterocycles. The third-order valence-corrected chi connectivity index (χ3v) is 4.28. The molecule has 0 aliphatic carbocycles. The van der Waals surface area contributed by atoms with Crippen LogP contribution >= 0.6 is 0 Å². The van der Waals surface area contributed by atoms with Gasteiger partial charge in [-0.1, -0.05) is 19.6 Å². The number of rotatable bonds is 2. The summed E-state index contributed by atoms with van der Waals surface area (Å²) in [6.07, 6.45) is 1.94. The minimum absolute atomic E-state index is 0.891. The minimum Gasteiger partial charge on any atom is -0.497 e. The molecule has 0 spiro atoms. The standard InChI is InChI=1S/C11H16N2OSi/c1-14-9-5-6-10-11(7-9)13(8-12-10)15(2,3)4/h5-8H,1-4H3. The fraction of sp³-hybridized carbons (Fsp3) is 0.364. The van der Waals surface area contributed by atoms with Crippen LogP contribution in [-0.4, -0.2) is 24.6 Å². The average molecular weight is 220 g/mol. The number of ether oxygens (including phenoxy) is 1. The highest BCUT2D eigenvalue weighted by molar-refractivity contribution is 6.75. The maximum absolute atomic E-state index is 5.23. The number of imidazole rings is 1. The van der Waals surface area contributed by atoms with Crippen molar-refractivity contribution in [3.63, 3.8) is 0 Å². The molecule has 2 rings (SSSR count). The Morgan fingerprint density at radius 3 is 2.60 bits per heavy atom. The van der Waals surface area contributed by atoms with E-state index in [2.05, 4.69) is 34.9 Å². The summed E-state index contributed by atoms with van der Waals surface area (Å²) < 4.78 is 7.53. The van der Waals surface area contributed by atoms with Crippen LogP contribution in [-0.2, 0) is 0 Å². The highest BCUT2D eigenvalue weighted by atomic mass is 28.3. The highest BCUT2D eigenvalue weighted by Gasteiger charge is 2.18. The molecule has 1 heterocycles. The van der Waals surface area contributed by atoms with Gasteiger partial charge in [-0.3, -0.25) is 0 Å². The van der Waals surface area contributed by atoms with Crippen LogP contribution in [0.25, 0.3) is 11.0 Å². The van der Waals surface area contributed by atoms with Crippen molar-refractivity contribution in [2.75, 3.05) is 7.11 Å². The molecule has 0 radical (unpaired) electrons. The fourth-order valence-electron chi connectivity index (χ4n) is 1.65. The number of aromatic nitrogens is 2. The molecule has 0 fully saturated rings. The first kappa shape index (κ1) is 10.2. The van der Waals surface area contributed by atoms with Gasteiger partial charge in [0.1, 0.15) is 5.75 Å². The van der Waals surface area contributed by atoms with Crippen LogP contribution in [0.5, 0.6) is 5.75 Å². The number of fused-ring (bicyclic) bond motifs is 1. The molecule has 0 atom stereocenters. The molecule has 15 heavy (non-hydrogen) atoms. The zero-order chi connectivity index (χ0) is 11.1. The summed E-state index contributed by atoms with van der Waals surface area (Å²) in [5.41, 5.74) is 2.21. The Labute approximate surface area is 90.8 Å². The summed E-state index contributed by atoms with van der Waals surface area (Å²) >= 11 is 0. The summed E-state index contributed by atoms with van der Waals surface area (Å²) in [5, 5.41) is 0. The molecule has 1 aromatic heterocycles. The van der Waals surface area contributed by atoms with Gasteiger partial charge in [0, 0.05) is 6.07 Å². The zero-order valence-electron chi connectivity index (χ0n) is 9.61. The van der Waals surface area contributed by atoms with E-state index in [1.54, 1.807) is 7.11 Å². The number of methoxy groups -OCH3 is 1. The predicted octanol–water partition coefficient (Wildman–Crippen LogP) is 2.73. The fourth-order valence-corrected chi connectivity index (χ4v) is 2.95. The first-order valence-corrected chi connectivity index (χ1v) is 8.48. The van der Waals surface area contributed by atoms with E-state index in [9.17, 15) is 0 Å².